The molecule has 0 bridgehead atoms. The summed E-state index contributed by atoms with van der Waals surface area (Å²) < 4.78 is 14.2. The summed E-state index contributed by atoms with van der Waals surface area (Å²) in [7, 11) is 1.84. The molecule has 0 atom stereocenters. The van der Waals surface area contributed by atoms with E-state index in [1.54, 1.807) is 6.07 Å². The first-order valence-corrected chi connectivity index (χ1v) is 9.22. The summed E-state index contributed by atoms with van der Waals surface area (Å²) in [5, 5.41) is 6.17. The largest absolute Gasteiger partial charge is 0.357 e. The fourth-order valence-electron chi connectivity index (χ4n) is 3.00. The molecule has 0 aromatic heterocycles. The molecule has 0 spiro atoms. The lowest BCUT2D eigenvalue weighted by Gasteiger charge is -2.26. The molecule has 7 heteroatoms. The molecule has 2 N–H and O–H groups in total. The number of amides is 1. The Morgan fingerprint density at radius 3 is 2.44 bits per heavy atom. The Hall–Kier alpha value is -1.38. The number of rotatable bonds is 6. The van der Waals surface area contributed by atoms with Crippen molar-refractivity contribution in [3.05, 3.63) is 35.6 Å². The minimum absolute atomic E-state index is 0. The van der Waals surface area contributed by atoms with Gasteiger partial charge < -0.3 is 15.5 Å². The van der Waals surface area contributed by atoms with Crippen molar-refractivity contribution in [1.82, 2.24) is 15.5 Å². The molecule has 2 rings (SSSR count). The molecule has 5 nitrogen and oxygen atoms in total. The summed E-state index contributed by atoms with van der Waals surface area (Å²) in [6, 6.07) is 6.94. The molecule has 1 saturated carbocycles. The summed E-state index contributed by atoms with van der Waals surface area (Å²) in [4.78, 5) is 18.7. The van der Waals surface area contributed by atoms with Crippen molar-refractivity contribution >= 4 is 35.8 Å². The van der Waals surface area contributed by atoms with E-state index in [0.29, 0.717) is 19.0 Å². The van der Waals surface area contributed by atoms with E-state index in [9.17, 15) is 9.18 Å². The molecular formula is C20H32FIN4O. The molecule has 0 aliphatic heterocycles. The predicted molar refractivity (Wildman–Crippen MR) is 119 cm³/mol. The van der Waals surface area contributed by atoms with Crippen molar-refractivity contribution < 1.29 is 9.18 Å². The number of halogens is 2. The highest BCUT2D eigenvalue weighted by Crippen LogP contribution is 2.49. The molecule has 0 unspecified atom stereocenters. The highest BCUT2D eigenvalue weighted by molar-refractivity contribution is 14.0. The van der Waals surface area contributed by atoms with Crippen LogP contribution in [0.15, 0.2) is 29.3 Å². The summed E-state index contributed by atoms with van der Waals surface area (Å²) in [5.41, 5.74) is 0.268. The molecule has 0 saturated heterocycles. The van der Waals surface area contributed by atoms with Gasteiger partial charge in [0, 0.05) is 24.5 Å². The molecule has 1 aromatic carbocycles. The fourth-order valence-corrected chi connectivity index (χ4v) is 3.00. The summed E-state index contributed by atoms with van der Waals surface area (Å²) in [6.45, 7) is 9.29. The quantitative estimate of drug-likeness (QED) is 0.366. The lowest BCUT2D eigenvalue weighted by Crippen LogP contribution is -2.49. The minimum atomic E-state index is -0.268. The molecule has 152 valence electrons. The highest BCUT2D eigenvalue weighted by Gasteiger charge is 2.45. The Morgan fingerprint density at radius 2 is 1.93 bits per heavy atom. The van der Waals surface area contributed by atoms with Gasteiger partial charge in [0.1, 0.15) is 5.82 Å². The van der Waals surface area contributed by atoms with Gasteiger partial charge in [0.25, 0.3) is 0 Å². The molecular weight excluding hydrogens is 458 g/mol. The average molecular weight is 490 g/mol. The van der Waals surface area contributed by atoms with Gasteiger partial charge in [-0.3, -0.25) is 9.79 Å². The number of likely N-dealkylation sites (N-methyl/N-ethyl adjacent to an activating group) is 1. The SMILES string of the molecule is CCNC(=NCC1(c2ccccc2F)CC1)N(C)CC(=O)NC(C)(C)C.I. The van der Waals surface area contributed by atoms with E-state index in [0.717, 1.165) is 18.4 Å². The number of hydrogen-bond acceptors (Lipinski definition) is 2. The first kappa shape index (κ1) is 23.7. The van der Waals surface area contributed by atoms with Crippen LogP contribution in [0.5, 0.6) is 0 Å². The van der Waals surface area contributed by atoms with E-state index in [4.69, 9.17) is 4.99 Å². The van der Waals surface area contributed by atoms with Crippen LogP contribution in [-0.2, 0) is 10.2 Å². The highest BCUT2D eigenvalue weighted by atomic mass is 127. The number of nitrogens with one attached hydrogen (secondary N) is 2. The Bertz CT molecular complexity index is 668. The molecule has 1 aliphatic rings. The monoisotopic (exact) mass is 490 g/mol. The molecule has 0 heterocycles. The van der Waals surface area contributed by atoms with Crippen molar-refractivity contribution in [2.45, 2.75) is 51.5 Å². The van der Waals surface area contributed by atoms with Gasteiger partial charge in [-0.05, 0) is 52.2 Å². The van der Waals surface area contributed by atoms with Crippen LogP contribution in [0.3, 0.4) is 0 Å². The third-order valence-electron chi connectivity index (χ3n) is 4.42. The molecule has 0 radical (unpaired) electrons. The van der Waals surface area contributed by atoms with Gasteiger partial charge in [-0.1, -0.05) is 18.2 Å². The standard InChI is InChI=1S/C20H31FN4O.HI/c1-6-22-18(25(5)13-17(26)24-19(2,3)4)23-14-20(11-12-20)15-9-7-8-10-16(15)21;/h7-10H,6,11-14H2,1-5H3,(H,22,23)(H,24,26);1H. The van der Waals surface area contributed by atoms with Gasteiger partial charge in [-0.25, -0.2) is 4.39 Å². The second-order valence-electron chi connectivity index (χ2n) is 8.08. The van der Waals surface area contributed by atoms with E-state index in [-0.39, 0.29) is 53.2 Å². The smallest absolute Gasteiger partial charge is 0.240 e. The number of aliphatic imine (C=N–C) groups is 1. The second-order valence-corrected chi connectivity index (χ2v) is 8.08. The molecule has 27 heavy (non-hydrogen) atoms. The molecule has 1 fully saturated rings. The summed E-state index contributed by atoms with van der Waals surface area (Å²) in [5.74, 6) is 0.447. The van der Waals surface area contributed by atoms with Gasteiger partial charge in [-0.2, -0.15) is 0 Å². The maximum absolute atomic E-state index is 14.2. The fraction of sp³-hybridized carbons (Fsp3) is 0.600. The van der Waals surface area contributed by atoms with Crippen molar-refractivity contribution in [1.29, 1.82) is 0 Å². The van der Waals surface area contributed by atoms with E-state index in [1.165, 1.54) is 6.07 Å². The van der Waals surface area contributed by atoms with Crippen LogP contribution in [0, 0.1) is 5.82 Å². The third kappa shape index (κ3) is 6.93. The van der Waals surface area contributed by atoms with Gasteiger partial charge >= 0.3 is 0 Å². The topological polar surface area (TPSA) is 56.7 Å². The molecule has 1 amide bonds. The zero-order valence-electron chi connectivity index (χ0n) is 16.9. The number of carbonyl (C=O) groups is 1. The number of guanidine groups is 1. The van der Waals surface area contributed by atoms with Crippen LogP contribution in [0.2, 0.25) is 0 Å². The summed E-state index contributed by atoms with van der Waals surface area (Å²) in [6.07, 6.45) is 1.87. The van der Waals surface area contributed by atoms with Crippen molar-refractivity contribution in [2.75, 3.05) is 26.7 Å². The maximum Gasteiger partial charge on any atom is 0.240 e. The van der Waals surface area contributed by atoms with Crippen molar-refractivity contribution in [2.24, 2.45) is 4.99 Å². The second kappa shape index (κ2) is 9.71. The van der Waals surface area contributed by atoms with E-state index >= 15 is 0 Å². The Labute approximate surface area is 179 Å². The zero-order chi connectivity index (χ0) is 19.4. The van der Waals surface area contributed by atoms with Crippen LogP contribution in [-0.4, -0.2) is 49.0 Å². The van der Waals surface area contributed by atoms with Gasteiger partial charge in [0.2, 0.25) is 5.91 Å². The lowest BCUT2D eigenvalue weighted by atomic mass is 9.95. The Balaban J connectivity index is 0.00000364. The number of carbonyl (C=O) groups excluding carboxylic acids is 1. The van der Waals surface area contributed by atoms with Crippen LogP contribution in [0.1, 0.15) is 46.1 Å². The summed E-state index contributed by atoms with van der Waals surface area (Å²) >= 11 is 0. The molecule has 1 aliphatic carbocycles. The number of benzene rings is 1. The van der Waals surface area contributed by atoms with E-state index < -0.39 is 0 Å². The number of hydrogen-bond donors (Lipinski definition) is 2. The molecule has 1 aromatic rings. The van der Waals surface area contributed by atoms with Gasteiger partial charge in [0.15, 0.2) is 5.96 Å². The normalized spacial score (nSPS) is 15.6. The maximum atomic E-state index is 14.2. The first-order chi connectivity index (χ1) is 12.2. The van der Waals surface area contributed by atoms with Crippen LogP contribution >= 0.6 is 24.0 Å². The van der Waals surface area contributed by atoms with Crippen molar-refractivity contribution in [3.8, 4) is 0 Å². The number of nitrogens with zero attached hydrogens (tertiary/aromatic N) is 2. The van der Waals surface area contributed by atoms with E-state index in [1.807, 2.05) is 51.8 Å². The van der Waals surface area contributed by atoms with E-state index in [2.05, 4.69) is 10.6 Å². The zero-order valence-corrected chi connectivity index (χ0v) is 19.3. The van der Waals surface area contributed by atoms with Gasteiger partial charge in [0.05, 0.1) is 13.1 Å². The minimum Gasteiger partial charge on any atom is -0.357 e. The van der Waals surface area contributed by atoms with Crippen molar-refractivity contribution in [3.63, 3.8) is 0 Å². The average Bonchev–Trinajstić information content (AvgIpc) is 3.30. The Morgan fingerprint density at radius 1 is 1.30 bits per heavy atom. The first-order valence-electron chi connectivity index (χ1n) is 9.22. The lowest BCUT2D eigenvalue weighted by molar-refractivity contribution is -0.122. The van der Waals surface area contributed by atoms with Crippen LogP contribution in [0.25, 0.3) is 0 Å². The third-order valence-corrected chi connectivity index (χ3v) is 4.42. The van der Waals surface area contributed by atoms with Gasteiger partial charge in [-0.15, -0.1) is 24.0 Å². The Kier molecular flexibility index (Phi) is 8.50. The van der Waals surface area contributed by atoms with Crippen LogP contribution < -0.4 is 10.6 Å². The predicted octanol–water partition coefficient (Wildman–Crippen LogP) is 3.29. The van der Waals surface area contributed by atoms with Crippen LogP contribution in [0.4, 0.5) is 4.39 Å².